The van der Waals surface area contributed by atoms with Gasteiger partial charge in [0.25, 0.3) is 5.89 Å². The van der Waals surface area contributed by atoms with E-state index in [1.807, 2.05) is 45.0 Å². The van der Waals surface area contributed by atoms with Crippen LogP contribution < -0.4 is 4.90 Å². The first-order valence-electron chi connectivity index (χ1n) is 10.6. The lowest BCUT2D eigenvalue weighted by atomic mass is 10.1. The minimum atomic E-state index is -0.552. The van der Waals surface area contributed by atoms with Crippen LogP contribution in [0.4, 0.5) is 10.5 Å². The van der Waals surface area contributed by atoms with Crippen LogP contribution >= 0.6 is 0 Å². The lowest BCUT2D eigenvalue weighted by molar-refractivity contribution is 0.0566. The van der Waals surface area contributed by atoms with E-state index in [2.05, 4.69) is 10.1 Å². The highest BCUT2D eigenvalue weighted by Crippen LogP contribution is 2.31. The molecule has 1 aromatic heterocycles. The Morgan fingerprint density at radius 2 is 1.65 bits per heavy atom. The number of amides is 1. The number of carbonyl (C=O) groups is 1. The van der Waals surface area contributed by atoms with Crippen LogP contribution in [0, 0.1) is 0 Å². The van der Waals surface area contributed by atoms with Crippen molar-refractivity contribution in [3.8, 4) is 28.6 Å². The van der Waals surface area contributed by atoms with Gasteiger partial charge in [-0.3, -0.25) is 4.90 Å². The molecule has 0 spiro atoms. The van der Waals surface area contributed by atoms with E-state index in [1.54, 1.807) is 29.2 Å². The van der Waals surface area contributed by atoms with E-state index in [9.17, 15) is 9.90 Å². The normalized spacial score (nSPS) is 14.5. The fraction of sp³-hybridized carbons (Fsp3) is 0.375. The molecule has 0 saturated heterocycles. The molecule has 0 bridgehead atoms. The Bertz CT molecular complexity index is 1030. The minimum absolute atomic E-state index is 0.145. The second kappa shape index (κ2) is 8.41. The molecular formula is C24H27N3O4. The Morgan fingerprint density at radius 1 is 1.03 bits per heavy atom. The van der Waals surface area contributed by atoms with E-state index < -0.39 is 5.60 Å². The number of benzene rings is 2. The van der Waals surface area contributed by atoms with Crippen LogP contribution in [0.2, 0.25) is 0 Å². The maximum Gasteiger partial charge on any atom is 0.415 e. The molecule has 1 N–H and O–H groups in total. The predicted octanol–water partition coefficient (Wildman–Crippen LogP) is 5.79. The number of anilines is 1. The predicted molar refractivity (Wildman–Crippen MR) is 118 cm³/mol. The number of aromatic nitrogens is 2. The second-order valence-corrected chi connectivity index (χ2v) is 8.81. The van der Waals surface area contributed by atoms with E-state index in [1.165, 1.54) is 0 Å². The van der Waals surface area contributed by atoms with Gasteiger partial charge < -0.3 is 14.4 Å². The van der Waals surface area contributed by atoms with Crippen molar-refractivity contribution in [2.75, 3.05) is 4.90 Å². The molecule has 0 aliphatic heterocycles. The van der Waals surface area contributed by atoms with Gasteiger partial charge in [0.1, 0.15) is 11.4 Å². The molecule has 7 nitrogen and oxygen atoms in total. The summed E-state index contributed by atoms with van der Waals surface area (Å²) in [6.45, 7) is 5.63. The summed E-state index contributed by atoms with van der Waals surface area (Å²) in [4.78, 5) is 19.2. The topological polar surface area (TPSA) is 88.7 Å². The molecule has 1 amide bonds. The van der Waals surface area contributed by atoms with Crippen molar-refractivity contribution in [3.05, 3.63) is 48.5 Å². The third kappa shape index (κ3) is 4.87. The summed E-state index contributed by atoms with van der Waals surface area (Å²) in [5, 5.41) is 13.5. The largest absolute Gasteiger partial charge is 0.508 e. The van der Waals surface area contributed by atoms with Crippen LogP contribution in [-0.4, -0.2) is 33.0 Å². The summed E-state index contributed by atoms with van der Waals surface area (Å²) < 4.78 is 11.0. The third-order valence-corrected chi connectivity index (χ3v) is 5.22. The molecule has 1 aliphatic rings. The van der Waals surface area contributed by atoms with Gasteiger partial charge in [-0.15, -0.1) is 0 Å². The van der Waals surface area contributed by atoms with E-state index >= 15 is 0 Å². The van der Waals surface area contributed by atoms with Crippen molar-refractivity contribution < 1.29 is 19.2 Å². The summed E-state index contributed by atoms with van der Waals surface area (Å²) >= 11 is 0. The Hall–Kier alpha value is -3.35. The van der Waals surface area contributed by atoms with Gasteiger partial charge in [-0.05, 0) is 82.1 Å². The summed E-state index contributed by atoms with van der Waals surface area (Å²) in [5.74, 6) is 1.01. The average molecular weight is 421 g/mol. The fourth-order valence-corrected chi connectivity index (χ4v) is 3.77. The fourth-order valence-electron chi connectivity index (χ4n) is 3.77. The van der Waals surface area contributed by atoms with Crippen LogP contribution in [0.25, 0.3) is 22.8 Å². The zero-order valence-corrected chi connectivity index (χ0v) is 18.0. The highest BCUT2D eigenvalue weighted by molar-refractivity contribution is 5.89. The van der Waals surface area contributed by atoms with Crippen molar-refractivity contribution in [2.45, 2.75) is 58.1 Å². The van der Waals surface area contributed by atoms with Gasteiger partial charge in [0.05, 0.1) is 0 Å². The molecule has 0 unspecified atom stereocenters. The van der Waals surface area contributed by atoms with Crippen molar-refractivity contribution >= 4 is 11.8 Å². The highest BCUT2D eigenvalue weighted by atomic mass is 16.6. The van der Waals surface area contributed by atoms with Gasteiger partial charge in [0, 0.05) is 22.9 Å². The second-order valence-electron chi connectivity index (χ2n) is 8.81. The lowest BCUT2D eigenvalue weighted by Gasteiger charge is -2.31. The maximum absolute atomic E-state index is 12.9. The molecule has 4 rings (SSSR count). The zero-order chi connectivity index (χ0) is 22.0. The van der Waals surface area contributed by atoms with Crippen molar-refractivity contribution in [2.24, 2.45) is 0 Å². The van der Waals surface area contributed by atoms with Crippen molar-refractivity contribution in [1.82, 2.24) is 10.1 Å². The van der Waals surface area contributed by atoms with Crippen molar-refractivity contribution in [3.63, 3.8) is 0 Å². The Labute approximate surface area is 181 Å². The first-order chi connectivity index (χ1) is 14.8. The molecule has 0 atom stereocenters. The van der Waals surface area contributed by atoms with E-state index in [-0.39, 0.29) is 17.9 Å². The quantitative estimate of drug-likeness (QED) is 0.573. The summed E-state index contributed by atoms with van der Waals surface area (Å²) in [5.41, 5.74) is 1.76. The van der Waals surface area contributed by atoms with Crippen LogP contribution in [-0.2, 0) is 4.74 Å². The molecule has 1 heterocycles. The van der Waals surface area contributed by atoms with E-state index in [0.717, 1.165) is 42.5 Å². The third-order valence-electron chi connectivity index (χ3n) is 5.22. The number of phenols is 1. The highest BCUT2D eigenvalue weighted by Gasteiger charge is 2.31. The standard InChI is InChI=1S/C24H27N3O4/c1-24(2,3)30-23(29)27(18-6-4-5-7-18)19-12-8-16(9-13-19)21-25-22(31-26-21)17-10-14-20(28)15-11-17/h8-15,18,28H,4-7H2,1-3H3. The SMILES string of the molecule is CC(C)(C)OC(=O)N(c1ccc(-c2noc(-c3ccc(O)cc3)n2)cc1)C1CCCC1. The number of carbonyl (C=O) groups excluding carboxylic acids is 1. The van der Waals surface area contributed by atoms with Crippen LogP contribution in [0.1, 0.15) is 46.5 Å². The van der Waals surface area contributed by atoms with Gasteiger partial charge in [-0.25, -0.2) is 4.79 Å². The van der Waals surface area contributed by atoms with Gasteiger partial charge in [0.15, 0.2) is 0 Å². The molecule has 1 aliphatic carbocycles. The molecule has 2 aromatic carbocycles. The van der Waals surface area contributed by atoms with Crippen molar-refractivity contribution in [1.29, 1.82) is 0 Å². The van der Waals surface area contributed by atoms with Gasteiger partial charge in [0.2, 0.25) is 5.82 Å². The number of phenolic OH excluding ortho intramolecular Hbond substituents is 1. The van der Waals surface area contributed by atoms with Gasteiger partial charge in [-0.1, -0.05) is 18.0 Å². The van der Waals surface area contributed by atoms with E-state index in [0.29, 0.717) is 11.7 Å². The monoisotopic (exact) mass is 421 g/mol. The number of aromatic hydroxyl groups is 1. The Morgan fingerprint density at radius 3 is 2.26 bits per heavy atom. The first kappa shape index (κ1) is 20.9. The minimum Gasteiger partial charge on any atom is -0.508 e. The molecule has 1 saturated carbocycles. The zero-order valence-electron chi connectivity index (χ0n) is 18.0. The van der Waals surface area contributed by atoms with E-state index in [4.69, 9.17) is 9.26 Å². The number of ether oxygens (including phenoxy) is 1. The number of rotatable bonds is 4. The summed E-state index contributed by atoms with van der Waals surface area (Å²) in [7, 11) is 0. The van der Waals surface area contributed by atoms with Gasteiger partial charge >= 0.3 is 6.09 Å². The average Bonchev–Trinajstić information content (AvgIpc) is 3.40. The summed E-state index contributed by atoms with van der Waals surface area (Å²) in [6.07, 6.45) is 3.86. The number of hydrogen-bond acceptors (Lipinski definition) is 6. The molecule has 0 radical (unpaired) electrons. The Balaban J connectivity index is 1.57. The van der Waals surface area contributed by atoms with Crippen LogP contribution in [0.5, 0.6) is 5.75 Å². The Kier molecular flexibility index (Phi) is 5.67. The number of nitrogens with zero attached hydrogens (tertiary/aromatic N) is 3. The first-order valence-corrected chi connectivity index (χ1v) is 10.6. The van der Waals surface area contributed by atoms with Gasteiger partial charge in [-0.2, -0.15) is 4.98 Å². The van der Waals surface area contributed by atoms with Crippen LogP contribution in [0.3, 0.4) is 0 Å². The molecule has 3 aromatic rings. The number of hydrogen-bond donors (Lipinski definition) is 1. The molecular weight excluding hydrogens is 394 g/mol. The molecule has 162 valence electrons. The summed E-state index contributed by atoms with van der Waals surface area (Å²) in [6, 6.07) is 14.3. The molecule has 1 fully saturated rings. The van der Waals surface area contributed by atoms with Crippen LogP contribution in [0.15, 0.2) is 53.1 Å². The molecule has 31 heavy (non-hydrogen) atoms. The maximum atomic E-state index is 12.9. The lowest BCUT2D eigenvalue weighted by Crippen LogP contribution is -2.42. The smallest absolute Gasteiger partial charge is 0.415 e. The molecule has 7 heteroatoms.